The molecule has 0 aromatic heterocycles. The van der Waals surface area contributed by atoms with Gasteiger partial charge in [0.1, 0.15) is 0 Å². The van der Waals surface area contributed by atoms with Crippen LogP contribution in [0.1, 0.15) is 26.7 Å². The number of rotatable bonds is 4. The molecular weight excluding hydrogens is 188 g/mol. The summed E-state index contributed by atoms with van der Waals surface area (Å²) in [5.74, 6) is 0.884. The first-order chi connectivity index (χ1) is 7.31. The second-order valence-electron chi connectivity index (χ2n) is 4.89. The Labute approximate surface area is 93.2 Å². The van der Waals surface area contributed by atoms with Gasteiger partial charge in [0, 0.05) is 19.1 Å². The van der Waals surface area contributed by atoms with Gasteiger partial charge in [-0.2, -0.15) is 0 Å². The molecule has 0 radical (unpaired) electrons. The van der Waals surface area contributed by atoms with E-state index in [1.165, 1.54) is 19.4 Å². The summed E-state index contributed by atoms with van der Waals surface area (Å²) in [6, 6.07) is 0.829. The Morgan fingerprint density at radius 1 is 1.40 bits per heavy atom. The van der Waals surface area contributed by atoms with Gasteiger partial charge in [-0.15, -0.1) is 0 Å². The van der Waals surface area contributed by atoms with Crippen molar-refractivity contribution < 1.29 is 4.74 Å². The highest BCUT2D eigenvalue weighted by molar-refractivity contribution is 4.91. The van der Waals surface area contributed by atoms with E-state index >= 15 is 0 Å². The molecule has 0 amide bonds. The molecule has 1 aliphatic carbocycles. The fraction of sp³-hybridized carbons (Fsp3) is 1.00. The summed E-state index contributed by atoms with van der Waals surface area (Å²) < 4.78 is 5.59. The fourth-order valence-corrected chi connectivity index (χ4v) is 2.75. The van der Waals surface area contributed by atoms with Crippen LogP contribution < -0.4 is 5.32 Å². The lowest BCUT2D eigenvalue weighted by molar-refractivity contribution is -0.0622. The van der Waals surface area contributed by atoms with Crippen molar-refractivity contribution in [2.75, 3.05) is 32.8 Å². The molecule has 0 aromatic carbocycles. The summed E-state index contributed by atoms with van der Waals surface area (Å²) >= 11 is 0. The van der Waals surface area contributed by atoms with Crippen molar-refractivity contribution in [1.29, 1.82) is 0 Å². The maximum absolute atomic E-state index is 5.59. The third kappa shape index (κ3) is 2.71. The molecule has 0 bridgehead atoms. The van der Waals surface area contributed by atoms with Crippen molar-refractivity contribution in [3.63, 3.8) is 0 Å². The third-order valence-corrected chi connectivity index (χ3v) is 3.78. The number of nitrogens with one attached hydrogen (secondary N) is 1. The number of nitrogens with zero attached hydrogens (tertiary/aromatic N) is 1. The van der Waals surface area contributed by atoms with Gasteiger partial charge >= 0.3 is 0 Å². The first kappa shape index (κ1) is 11.4. The molecule has 0 aromatic rings. The predicted molar refractivity (Wildman–Crippen MR) is 62.0 cm³/mol. The zero-order valence-corrected chi connectivity index (χ0v) is 10.0. The van der Waals surface area contributed by atoms with Crippen molar-refractivity contribution in [2.24, 2.45) is 5.92 Å². The fourth-order valence-electron chi connectivity index (χ4n) is 2.75. The molecule has 1 aliphatic heterocycles. The maximum Gasteiger partial charge on any atom is 0.0674 e. The van der Waals surface area contributed by atoms with E-state index in [9.17, 15) is 0 Å². The van der Waals surface area contributed by atoms with Crippen molar-refractivity contribution in [3.8, 4) is 0 Å². The number of morpholine rings is 1. The van der Waals surface area contributed by atoms with Crippen molar-refractivity contribution in [3.05, 3.63) is 0 Å². The monoisotopic (exact) mass is 212 g/mol. The van der Waals surface area contributed by atoms with Gasteiger partial charge in [0.15, 0.2) is 0 Å². The van der Waals surface area contributed by atoms with Gasteiger partial charge in [-0.25, -0.2) is 0 Å². The minimum atomic E-state index is 0.430. The van der Waals surface area contributed by atoms with Gasteiger partial charge in [0.25, 0.3) is 0 Å². The van der Waals surface area contributed by atoms with Crippen LogP contribution in [0.15, 0.2) is 0 Å². The van der Waals surface area contributed by atoms with Gasteiger partial charge in [-0.1, -0.05) is 6.92 Å². The normalized spacial score (nSPS) is 37.6. The third-order valence-electron chi connectivity index (χ3n) is 3.78. The van der Waals surface area contributed by atoms with E-state index in [1.807, 2.05) is 0 Å². The highest BCUT2D eigenvalue weighted by Gasteiger charge is 2.36. The Morgan fingerprint density at radius 2 is 2.27 bits per heavy atom. The summed E-state index contributed by atoms with van der Waals surface area (Å²) in [5.41, 5.74) is 0. The first-order valence-corrected chi connectivity index (χ1v) is 6.37. The summed E-state index contributed by atoms with van der Waals surface area (Å²) in [4.78, 5) is 2.64. The van der Waals surface area contributed by atoms with Crippen LogP contribution in [0.3, 0.4) is 0 Å². The second-order valence-corrected chi connectivity index (χ2v) is 4.89. The molecular formula is C12H24N2O. The quantitative estimate of drug-likeness (QED) is 0.755. The van der Waals surface area contributed by atoms with Crippen LogP contribution >= 0.6 is 0 Å². The molecule has 1 heterocycles. The lowest BCUT2D eigenvalue weighted by atomic mass is 9.78. The largest absolute Gasteiger partial charge is 0.376 e. The molecule has 2 fully saturated rings. The molecule has 3 atom stereocenters. The highest BCUT2D eigenvalue weighted by Crippen LogP contribution is 2.32. The maximum atomic E-state index is 5.59. The minimum Gasteiger partial charge on any atom is -0.376 e. The zero-order chi connectivity index (χ0) is 10.7. The van der Waals surface area contributed by atoms with Crippen LogP contribution in [0.5, 0.6) is 0 Å². The predicted octanol–water partition coefficient (Wildman–Crippen LogP) is 1.10. The Hall–Kier alpha value is -0.120. The first-order valence-electron chi connectivity index (χ1n) is 6.37. The lowest BCUT2D eigenvalue weighted by Gasteiger charge is -2.47. The Kier molecular flexibility index (Phi) is 4.00. The standard InChI is InChI=1S/C12H24N2O/c1-3-13-8-11-4-5-12(11)14-6-7-15-10(2)9-14/h10-13H,3-9H2,1-2H3. The van der Waals surface area contributed by atoms with E-state index in [2.05, 4.69) is 24.1 Å². The van der Waals surface area contributed by atoms with Crippen LogP contribution in [0.2, 0.25) is 0 Å². The highest BCUT2D eigenvalue weighted by atomic mass is 16.5. The second kappa shape index (κ2) is 5.28. The average Bonchev–Trinajstić information content (AvgIpc) is 2.17. The number of hydrogen-bond donors (Lipinski definition) is 1. The van der Waals surface area contributed by atoms with Gasteiger partial charge in [-0.3, -0.25) is 4.90 Å². The molecule has 2 aliphatic rings. The van der Waals surface area contributed by atoms with Crippen molar-refractivity contribution in [2.45, 2.75) is 38.8 Å². The average molecular weight is 212 g/mol. The minimum absolute atomic E-state index is 0.430. The van der Waals surface area contributed by atoms with E-state index in [1.54, 1.807) is 0 Å². The van der Waals surface area contributed by atoms with E-state index in [4.69, 9.17) is 4.74 Å². The number of ether oxygens (including phenoxy) is 1. The molecule has 2 rings (SSSR count). The van der Waals surface area contributed by atoms with Gasteiger partial charge in [0.05, 0.1) is 12.7 Å². The Morgan fingerprint density at radius 3 is 2.87 bits per heavy atom. The summed E-state index contributed by atoms with van der Waals surface area (Å²) in [6.07, 6.45) is 3.23. The van der Waals surface area contributed by atoms with E-state index < -0.39 is 0 Å². The molecule has 3 heteroatoms. The van der Waals surface area contributed by atoms with Gasteiger partial charge < -0.3 is 10.1 Å². The topological polar surface area (TPSA) is 24.5 Å². The van der Waals surface area contributed by atoms with E-state index in [-0.39, 0.29) is 0 Å². The molecule has 1 N–H and O–H groups in total. The molecule has 3 nitrogen and oxygen atoms in total. The Bertz CT molecular complexity index is 198. The van der Waals surface area contributed by atoms with Gasteiger partial charge in [-0.05, 0) is 38.8 Å². The molecule has 3 unspecified atom stereocenters. The molecule has 0 spiro atoms. The number of hydrogen-bond acceptors (Lipinski definition) is 3. The van der Waals surface area contributed by atoms with Crippen LogP contribution in [0.25, 0.3) is 0 Å². The van der Waals surface area contributed by atoms with E-state index in [0.717, 1.165) is 38.2 Å². The summed E-state index contributed by atoms with van der Waals surface area (Å²) in [7, 11) is 0. The van der Waals surface area contributed by atoms with Gasteiger partial charge in [0.2, 0.25) is 0 Å². The molecule has 15 heavy (non-hydrogen) atoms. The Balaban J connectivity index is 1.77. The molecule has 1 saturated heterocycles. The van der Waals surface area contributed by atoms with Crippen LogP contribution in [0, 0.1) is 5.92 Å². The van der Waals surface area contributed by atoms with Crippen LogP contribution in [0.4, 0.5) is 0 Å². The van der Waals surface area contributed by atoms with Crippen LogP contribution in [-0.2, 0) is 4.74 Å². The summed E-state index contributed by atoms with van der Waals surface area (Å²) in [5, 5.41) is 3.47. The molecule has 88 valence electrons. The molecule has 1 saturated carbocycles. The van der Waals surface area contributed by atoms with Crippen molar-refractivity contribution >= 4 is 0 Å². The smallest absolute Gasteiger partial charge is 0.0674 e. The zero-order valence-electron chi connectivity index (χ0n) is 10.0. The van der Waals surface area contributed by atoms with Crippen molar-refractivity contribution in [1.82, 2.24) is 10.2 Å². The van der Waals surface area contributed by atoms with Crippen LogP contribution in [-0.4, -0.2) is 49.8 Å². The van der Waals surface area contributed by atoms with E-state index in [0.29, 0.717) is 6.10 Å². The summed E-state index contributed by atoms with van der Waals surface area (Å²) in [6.45, 7) is 9.86. The lowest BCUT2D eigenvalue weighted by Crippen LogP contribution is -2.55. The SMILES string of the molecule is CCNCC1CCC1N1CCOC(C)C1.